The molecule has 0 aromatic heterocycles. The Morgan fingerprint density at radius 3 is 2.77 bits per heavy atom. The number of hydrogen-bond acceptors (Lipinski definition) is 2. The molecule has 0 aliphatic rings. The maximum atomic E-state index is 5.18. The standard InChI is InChI=1S/C11H15NO/c1-2-3-9-12-13-10-11-7-5-4-6-8-11/h3-9,12H,2,10H2,1H3. The second-order valence-corrected chi connectivity index (χ2v) is 2.70. The molecule has 0 unspecified atom stereocenters. The SMILES string of the molecule is CCC=CNOCc1ccccc1. The predicted molar refractivity (Wildman–Crippen MR) is 53.8 cm³/mol. The third kappa shape index (κ3) is 4.33. The number of hydrogen-bond donors (Lipinski definition) is 1. The monoisotopic (exact) mass is 177 g/mol. The third-order valence-electron chi connectivity index (χ3n) is 1.59. The molecule has 0 aliphatic carbocycles. The van der Waals surface area contributed by atoms with Crippen molar-refractivity contribution in [3.8, 4) is 0 Å². The van der Waals surface area contributed by atoms with Gasteiger partial charge in [-0.25, -0.2) is 0 Å². The van der Waals surface area contributed by atoms with Gasteiger partial charge in [0.15, 0.2) is 0 Å². The molecule has 0 saturated heterocycles. The first-order valence-corrected chi connectivity index (χ1v) is 4.49. The van der Waals surface area contributed by atoms with Gasteiger partial charge in [-0.1, -0.05) is 43.3 Å². The molecule has 0 radical (unpaired) electrons. The molecule has 0 amide bonds. The molecule has 1 rings (SSSR count). The van der Waals surface area contributed by atoms with Gasteiger partial charge in [-0.05, 0) is 12.0 Å². The molecule has 13 heavy (non-hydrogen) atoms. The Balaban J connectivity index is 2.17. The minimum atomic E-state index is 0.592. The van der Waals surface area contributed by atoms with Crippen molar-refractivity contribution in [2.45, 2.75) is 20.0 Å². The molecular weight excluding hydrogens is 162 g/mol. The molecule has 2 nitrogen and oxygen atoms in total. The lowest BCUT2D eigenvalue weighted by atomic mass is 10.2. The Labute approximate surface area is 79.2 Å². The van der Waals surface area contributed by atoms with Crippen LogP contribution in [0.4, 0.5) is 0 Å². The Morgan fingerprint density at radius 1 is 1.31 bits per heavy atom. The maximum absolute atomic E-state index is 5.18. The Morgan fingerprint density at radius 2 is 2.08 bits per heavy atom. The van der Waals surface area contributed by atoms with Crippen molar-refractivity contribution in [1.82, 2.24) is 5.48 Å². The van der Waals surface area contributed by atoms with E-state index in [1.54, 1.807) is 0 Å². The van der Waals surface area contributed by atoms with Crippen LogP contribution in [-0.4, -0.2) is 0 Å². The van der Waals surface area contributed by atoms with Gasteiger partial charge in [0.2, 0.25) is 0 Å². The van der Waals surface area contributed by atoms with Crippen molar-refractivity contribution in [2.75, 3.05) is 0 Å². The fraction of sp³-hybridized carbons (Fsp3) is 0.273. The summed E-state index contributed by atoms with van der Waals surface area (Å²) in [6.07, 6.45) is 4.83. The minimum absolute atomic E-state index is 0.592. The normalized spacial score (nSPS) is 10.5. The van der Waals surface area contributed by atoms with Crippen molar-refractivity contribution in [3.05, 3.63) is 48.2 Å². The van der Waals surface area contributed by atoms with E-state index in [0.717, 1.165) is 6.42 Å². The van der Waals surface area contributed by atoms with Crippen molar-refractivity contribution in [2.24, 2.45) is 0 Å². The number of allylic oxidation sites excluding steroid dienone is 1. The zero-order chi connectivity index (χ0) is 9.36. The Bertz CT molecular complexity index is 244. The topological polar surface area (TPSA) is 21.3 Å². The van der Waals surface area contributed by atoms with Gasteiger partial charge in [0.05, 0.1) is 6.61 Å². The molecular formula is C11H15NO. The molecule has 70 valence electrons. The Hall–Kier alpha value is -1.28. The van der Waals surface area contributed by atoms with Crippen LogP contribution in [0.5, 0.6) is 0 Å². The fourth-order valence-electron chi connectivity index (χ4n) is 0.913. The van der Waals surface area contributed by atoms with Crippen molar-refractivity contribution in [1.29, 1.82) is 0 Å². The minimum Gasteiger partial charge on any atom is -0.274 e. The lowest BCUT2D eigenvalue weighted by Crippen LogP contribution is -2.05. The summed E-state index contributed by atoms with van der Waals surface area (Å²) in [5.41, 5.74) is 3.92. The highest BCUT2D eigenvalue weighted by molar-refractivity contribution is 5.13. The first-order chi connectivity index (χ1) is 6.43. The van der Waals surface area contributed by atoms with Gasteiger partial charge in [0.25, 0.3) is 0 Å². The first kappa shape index (κ1) is 9.81. The van der Waals surface area contributed by atoms with Gasteiger partial charge in [0.1, 0.15) is 0 Å². The summed E-state index contributed by atoms with van der Waals surface area (Å²) in [5.74, 6) is 0. The fourth-order valence-corrected chi connectivity index (χ4v) is 0.913. The van der Waals surface area contributed by atoms with Crippen LogP contribution >= 0.6 is 0 Å². The van der Waals surface area contributed by atoms with E-state index in [1.165, 1.54) is 5.56 Å². The van der Waals surface area contributed by atoms with Crippen molar-refractivity contribution >= 4 is 0 Å². The highest BCUT2D eigenvalue weighted by atomic mass is 16.6. The van der Waals surface area contributed by atoms with E-state index < -0.39 is 0 Å². The zero-order valence-electron chi connectivity index (χ0n) is 7.86. The predicted octanol–water partition coefficient (Wildman–Crippen LogP) is 2.63. The van der Waals surface area contributed by atoms with E-state index >= 15 is 0 Å². The van der Waals surface area contributed by atoms with Crippen LogP contribution in [0, 0.1) is 0 Å². The van der Waals surface area contributed by atoms with Gasteiger partial charge in [-0.3, -0.25) is 10.3 Å². The van der Waals surface area contributed by atoms with E-state index in [2.05, 4.69) is 12.4 Å². The van der Waals surface area contributed by atoms with Crippen LogP contribution in [0.1, 0.15) is 18.9 Å². The average molecular weight is 177 g/mol. The summed E-state index contributed by atoms with van der Waals surface area (Å²) in [5, 5.41) is 0. The molecule has 0 atom stereocenters. The highest BCUT2D eigenvalue weighted by Gasteiger charge is 1.87. The van der Waals surface area contributed by atoms with Gasteiger partial charge in [-0.2, -0.15) is 0 Å². The van der Waals surface area contributed by atoms with Crippen LogP contribution in [0.2, 0.25) is 0 Å². The average Bonchev–Trinajstić information content (AvgIpc) is 2.19. The number of nitrogens with one attached hydrogen (secondary N) is 1. The molecule has 0 spiro atoms. The van der Waals surface area contributed by atoms with Gasteiger partial charge >= 0.3 is 0 Å². The second-order valence-electron chi connectivity index (χ2n) is 2.70. The van der Waals surface area contributed by atoms with E-state index in [0.29, 0.717) is 6.61 Å². The second kappa shape index (κ2) is 6.26. The third-order valence-corrected chi connectivity index (χ3v) is 1.59. The molecule has 0 bridgehead atoms. The molecule has 0 saturated carbocycles. The maximum Gasteiger partial charge on any atom is 0.0996 e. The smallest absolute Gasteiger partial charge is 0.0996 e. The molecule has 1 aromatic carbocycles. The van der Waals surface area contributed by atoms with Gasteiger partial charge < -0.3 is 0 Å². The lowest BCUT2D eigenvalue weighted by molar-refractivity contribution is 0.0574. The largest absolute Gasteiger partial charge is 0.274 e. The summed E-state index contributed by atoms with van der Waals surface area (Å²) in [7, 11) is 0. The molecule has 1 aromatic rings. The Kier molecular flexibility index (Phi) is 4.72. The highest BCUT2D eigenvalue weighted by Crippen LogP contribution is 1.98. The summed E-state index contributed by atoms with van der Waals surface area (Å²) in [4.78, 5) is 5.18. The van der Waals surface area contributed by atoms with Crippen LogP contribution in [-0.2, 0) is 11.4 Å². The molecule has 2 heteroatoms. The summed E-state index contributed by atoms with van der Waals surface area (Å²) < 4.78 is 0. The lowest BCUT2D eigenvalue weighted by Gasteiger charge is -2.01. The number of hydroxylamine groups is 1. The van der Waals surface area contributed by atoms with Crippen LogP contribution in [0.15, 0.2) is 42.6 Å². The zero-order valence-corrected chi connectivity index (χ0v) is 7.86. The molecule has 0 heterocycles. The summed E-state index contributed by atoms with van der Waals surface area (Å²) in [6.45, 7) is 2.67. The van der Waals surface area contributed by atoms with Gasteiger partial charge in [0, 0.05) is 6.20 Å². The van der Waals surface area contributed by atoms with E-state index in [9.17, 15) is 0 Å². The van der Waals surface area contributed by atoms with Crippen LogP contribution in [0.3, 0.4) is 0 Å². The summed E-state index contributed by atoms with van der Waals surface area (Å²) in [6, 6.07) is 10.1. The quantitative estimate of drug-likeness (QED) is 0.551. The van der Waals surface area contributed by atoms with Gasteiger partial charge in [-0.15, -0.1) is 0 Å². The molecule has 1 N–H and O–H groups in total. The van der Waals surface area contributed by atoms with E-state index in [4.69, 9.17) is 4.84 Å². The van der Waals surface area contributed by atoms with Crippen molar-refractivity contribution < 1.29 is 4.84 Å². The van der Waals surface area contributed by atoms with Crippen molar-refractivity contribution in [3.63, 3.8) is 0 Å². The molecule has 0 fully saturated rings. The summed E-state index contributed by atoms with van der Waals surface area (Å²) >= 11 is 0. The van der Waals surface area contributed by atoms with Crippen LogP contribution in [0.25, 0.3) is 0 Å². The van der Waals surface area contributed by atoms with E-state index in [-0.39, 0.29) is 0 Å². The number of rotatable bonds is 5. The molecule has 0 aliphatic heterocycles. The van der Waals surface area contributed by atoms with E-state index in [1.807, 2.05) is 42.6 Å². The van der Waals surface area contributed by atoms with Crippen LogP contribution < -0.4 is 5.48 Å². The first-order valence-electron chi connectivity index (χ1n) is 4.49. The number of benzene rings is 1.